The largest absolute Gasteiger partial charge is 0.308 e. The average Bonchev–Trinajstić information content (AvgIpc) is 2.54. The summed E-state index contributed by atoms with van der Waals surface area (Å²) in [6.45, 7) is 1.14. The predicted molar refractivity (Wildman–Crippen MR) is 103 cm³/mol. The van der Waals surface area contributed by atoms with Crippen molar-refractivity contribution in [2.45, 2.75) is 16.8 Å². The van der Waals surface area contributed by atoms with Crippen molar-refractivity contribution >= 4 is 23.5 Å². The molecule has 1 atom stereocenters. The van der Waals surface area contributed by atoms with E-state index in [-0.39, 0.29) is 0 Å². The molecule has 0 aliphatic rings. The predicted octanol–water partition coefficient (Wildman–Crippen LogP) is 4.78. The van der Waals surface area contributed by atoms with Crippen LogP contribution in [0.3, 0.4) is 0 Å². The molecule has 0 amide bonds. The van der Waals surface area contributed by atoms with E-state index in [0.717, 1.165) is 18.1 Å². The van der Waals surface area contributed by atoms with Crippen LogP contribution in [0.15, 0.2) is 60.7 Å². The van der Waals surface area contributed by atoms with Crippen molar-refractivity contribution in [3.63, 3.8) is 0 Å². The highest BCUT2D eigenvalue weighted by Gasteiger charge is 2.11. The van der Waals surface area contributed by atoms with Gasteiger partial charge in [-0.2, -0.15) is 23.5 Å². The molecule has 0 aliphatic carbocycles. The fraction of sp³-hybridized carbons (Fsp3) is 0.368. The minimum absolute atomic E-state index is 0.670. The number of rotatable bonds is 9. The number of thioether (sulfide) groups is 2. The van der Waals surface area contributed by atoms with E-state index in [0.29, 0.717) is 5.25 Å². The van der Waals surface area contributed by atoms with Crippen LogP contribution in [0.4, 0.5) is 0 Å². The normalized spacial score (nSPS) is 12.5. The molecule has 0 saturated heterocycles. The minimum atomic E-state index is 0.670. The van der Waals surface area contributed by atoms with Gasteiger partial charge in [-0.3, -0.25) is 0 Å². The summed E-state index contributed by atoms with van der Waals surface area (Å²) in [6.07, 6.45) is 0. The number of hydrogen-bond donors (Lipinski definition) is 0. The quantitative estimate of drug-likeness (QED) is 0.651. The third-order valence-electron chi connectivity index (χ3n) is 3.31. The summed E-state index contributed by atoms with van der Waals surface area (Å²) in [5.74, 6) is 3.41. The zero-order valence-corrected chi connectivity index (χ0v) is 15.1. The summed E-state index contributed by atoms with van der Waals surface area (Å²) in [5, 5.41) is 0.670. The molecule has 0 bridgehead atoms. The van der Waals surface area contributed by atoms with Crippen molar-refractivity contribution in [1.82, 2.24) is 4.90 Å². The molecule has 0 fully saturated rings. The second kappa shape index (κ2) is 9.98. The van der Waals surface area contributed by atoms with Crippen molar-refractivity contribution in [2.75, 3.05) is 26.4 Å². The molecule has 1 unspecified atom stereocenters. The second-order valence-corrected chi connectivity index (χ2v) is 8.00. The molecule has 3 heteroatoms. The van der Waals surface area contributed by atoms with Crippen LogP contribution in [0.2, 0.25) is 0 Å². The van der Waals surface area contributed by atoms with Crippen molar-refractivity contribution in [2.24, 2.45) is 0 Å². The van der Waals surface area contributed by atoms with E-state index >= 15 is 0 Å². The first-order valence-electron chi connectivity index (χ1n) is 7.66. The Morgan fingerprint density at radius 2 is 1.36 bits per heavy atom. The van der Waals surface area contributed by atoms with Gasteiger partial charge in [-0.1, -0.05) is 60.7 Å². The molecule has 0 saturated carbocycles. The molecule has 0 heterocycles. The highest BCUT2D eigenvalue weighted by atomic mass is 32.2. The van der Waals surface area contributed by atoms with Crippen molar-refractivity contribution in [1.29, 1.82) is 0 Å². The van der Waals surface area contributed by atoms with Crippen LogP contribution in [0, 0.1) is 0 Å². The molecule has 0 N–H and O–H groups in total. The molecule has 0 radical (unpaired) electrons. The smallest absolute Gasteiger partial charge is 0.0268 e. The van der Waals surface area contributed by atoms with E-state index in [1.54, 1.807) is 0 Å². The van der Waals surface area contributed by atoms with Crippen molar-refractivity contribution in [3.05, 3.63) is 71.8 Å². The number of benzene rings is 2. The first-order valence-corrected chi connectivity index (χ1v) is 9.86. The summed E-state index contributed by atoms with van der Waals surface area (Å²) in [6, 6.07) is 21.5. The van der Waals surface area contributed by atoms with Crippen molar-refractivity contribution < 1.29 is 0 Å². The van der Waals surface area contributed by atoms with E-state index < -0.39 is 0 Å². The molecule has 0 aliphatic heterocycles. The van der Waals surface area contributed by atoms with E-state index in [1.807, 2.05) is 11.8 Å². The molecule has 2 aromatic rings. The Bertz CT molecular complexity index is 513. The van der Waals surface area contributed by atoms with E-state index in [1.165, 1.54) is 16.9 Å². The van der Waals surface area contributed by atoms with Crippen LogP contribution in [0.5, 0.6) is 0 Å². The number of hydrogen-bond acceptors (Lipinski definition) is 3. The minimum Gasteiger partial charge on any atom is -0.308 e. The second-order valence-electron chi connectivity index (χ2n) is 5.68. The molecular formula is C19H25NS2. The van der Waals surface area contributed by atoms with Gasteiger partial charge in [-0.15, -0.1) is 0 Å². The van der Waals surface area contributed by atoms with Crippen LogP contribution >= 0.6 is 23.5 Å². The van der Waals surface area contributed by atoms with Gasteiger partial charge in [0.15, 0.2) is 0 Å². The zero-order valence-electron chi connectivity index (χ0n) is 13.4. The topological polar surface area (TPSA) is 3.24 Å². The molecule has 2 aromatic carbocycles. The van der Waals surface area contributed by atoms with Gasteiger partial charge >= 0.3 is 0 Å². The van der Waals surface area contributed by atoms with Gasteiger partial charge in [-0.05, 0) is 25.2 Å². The summed E-state index contributed by atoms with van der Waals surface area (Å²) >= 11 is 4.12. The molecule has 0 aromatic heterocycles. The molecule has 0 spiro atoms. The highest BCUT2D eigenvalue weighted by molar-refractivity contribution is 8.02. The van der Waals surface area contributed by atoms with Gasteiger partial charge in [-0.25, -0.2) is 0 Å². The van der Waals surface area contributed by atoms with Crippen LogP contribution in [-0.4, -0.2) is 36.5 Å². The zero-order chi connectivity index (χ0) is 15.6. The fourth-order valence-corrected chi connectivity index (χ4v) is 4.84. The molecule has 2 rings (SSSR count). The van der Waals surface area contributed by atoms with E-state index in [9.17, 15) is 0 Å². The van der Waals surface area contributed by atoms with Crippen LogP contribution in [-0.2, 0) is 11.5 Å². The summed E-state index contributed by atoms with van der Waals surface area (Å²) < 4.78 is 0. The Labute approximate surface area is 143 Å². The Balaban J connectivity index is 1.78. The van der Waals surface area contributed by atoms with Crippen LogP contribution in [0.25, 0.3) is 0 Å². The average molecular weight is 332 g/mol. The lowest BCUT2D eigenvalue weighted by Crippen LogP contribution is -2.25. The Kier molecular flexibility index (Phi) is 7.92. The summed E-state index contributed by atoms with van der Waals surface area (Å²) in [5.41, 5.74) is 2.84. The Morgan fingerprint density at radius 1 is 0.818 bits per heavy atom. The third kappa shape index (κ3) is 6.91. The van der Waals surface area contributed by atoms with Gasteiger partial charge in [0.05, 0.1) is 0 Å². The van der Waals surface area contributed by atoms with Gasteiger partial charge in [0, 0.05) is 29.1 Å². The lowest BCUT2D eigenvalue weighted by molar-refractivity contribution is 0.415. The first kappa shape index (κ1) is 17.5. The number of nitrogens with zero attached hydrogens (tertiary/aromatic N) is 1. The monoisotopic (exact) mass is 331 g/mol. The maximum Gasteiger partial charge on any atom is 0.0268 e. The van der Waals surface area contributed by atoms with Crippen molar-refractivity contribution in [3.8, 4) is 0 Å². The molecule has 118 valence electrons. The van der Waals surface area contributed by atoms with E-state index in [2.05, 4.69) is 91.4 Å². The maximum atomic E-state index is 2.30. The van der Waals surface area contributed by atoms with E-state index in [4.69, 9.17) is 0 Å². The van der Waals surface area contributed by atoms with Gasteiger partial charge in [0.2, 0.25) is 0 Å². The lowest BCUT2D eigenvalue weighted by Gasteiger charge is -2.20. The van der Waals surface area contributed by atoms with Gasteiger partial charge in [0.1, 0.15) is 0 Å². The molecule has 1 nitrogen and oxygen atoms in total. The SMILES string of the molecule is CN(C)CC(CSCc1ccccc1)SCc1ccccc1. The van der Waals surface area contributed by atoms with Crippen LogP contribution < -0.4 is 0 Å². The summed E-state index contributed by atoms with van der Waals surface area (Å²) in [7, 11) is 4.33. The van der Waals surface area contributed by atoms with Crippen LogP contribution in [0.1, 0.15) is 11.1 Å². The standard InChI is InChI=1S/C19H25NS2/c1-20(2)13-19(22-15-18-11-7-4-8-12-18)16-21-14-17-9-5-3-6-10-17/h3-12,19H,13-16H2,1-2H3. The lowest BCUT2D eigenvalue weighted by atomic mass is 10.2. The van der Waals surface area contributed by atoms with Gasteiger partial charge in [0.25, 0.3) is 0 Å². The molecular weight excluding hydrogens is 306 g/mol. The fourth-order valence-electron chi connectivity index (χ4n) is 2.23. The third-order valence-corrected chi connectivity index (χ3v) is 5.99. The maximum absolute atomic E-state index is 2.30. The Morgan fingerprint density at radius 3 is 1.91 bits per heavy atom. The summed E-state index contributed by atoms with van der Waals surface area (Å²) in [4.78, 5) is 2.30. The van der Waals surface area contributed by atoms with Gasteiger partial charge < -0.3 is 4.90 Å². The first-order chi connectivity index (χ1) is 10.7. The molecule has 22 heavy (non-hydrogen) atoms. The Hall–Kier alpha value is -0.900. The highest BCUT2D eigenvalue weighted by Crippen LogP contribution is 2.23.